The quantitative estimate of drug-likeness (QED) is 0.807. The van der Waals surface area contributed by atoms with Crippen LogP contribution in [0.1, 0.15) is 0 Å². The summed E-state index contributed by atoms with van der Waals surface area (Å²) < 4.78 is 6.90. The monoisotopic (exact) mass is 236 g/mol. The molecule has 1 N–H and O–H groups in total. The number of methoxy groups -OCH3 is 1. The summed E-state index contributed by atoms with van der Waals surface area (Å²) in [5.74, 6) is 2.07. The van der Waals surface area contributed by atoms with E-state index >= 15 is 0 Å². The van der Waals surface area contributed by atoms with Crippen molar-refractivity contribution in [1.29, 1.82) is 0 Å². The molecule has 0 saturated heterocycles. The van der Waals surface area contributed by atoms with E-state index in [1.165, 1.54) is 0 Å². The first kappa shape index (κ1) is 11.6. The Balaban J connectivity index is 2.13. The maximum absolute atomic E-state index is 5.01. The molecule has 0 unspecified atom stereocenters. The third-order valence-corrected chi connectivity index (χ3v) is 2.48. The number of hydrogen-bond acceptors (Lipinski definition) is 5. The Labute approximate surface area is 99.4 Å². The summed E-state index contributed by atoms with van der Waals surface area (Å²) in [6.07, 6.45) is 3.60. The van der Waals surface area contributed by atoms with Crippen LogP contribution in [0.3, 0.4) is 0 Å². The van der Waals surface area contributed by atoms with Crippen LogP contribution in [0.15, 0.2) is 12.4 Å². The van der Waals surface area contributed by atoms with Gasteiger partial charge in [0.25, 0.3) is 0 Å². The molecule has 0 fully saturated rings. The van der Waals surface area contributed by atoms with Gasteiger partial charge >= 0.3 is 0 Å². The summed E-state index contributed by atoms with van der Waals surface area (Å²) in [6, 6.07) is 0. The highest BCUT2D eigenvalue weighted by Crippen LogP contribution is 2.14. The highest BCUT2D eigenvalue weighted by molar-refractivity contribution is 5.46. The SMILES string of the molecule is COCCN(C)c1n[nH]c(-c2nccn2C)n1. The van der Waals surface area contributed by atoms with E-state index in [-0.39, 0.29) is 0 Å². The molecule has 2 rings (SSSR count). The lowest BCUT2D eigenvalue weighted by Crippen LogP contribution is -2.23. The molecule has 0 spiro atoms. The van der Waals surface area contributed by atoms with Gasteiger partial charge in [-0.25, -0.2) is 4.98 Å². The smallest absolute Gasteiger partial charge is 0.244 e. The van der Waals surface area contributed by atoms with Crippen molar-refractivity contribution >= 4 is 5.95 Å². The standard InChI is InChI=1S/C10H16N6O/c1-15-5-4-11-9(15)8-12-10(14-13-8)16(2)6-7-17-3/h4-5H,6-7H2,1-3H3,(H,12,13,14). The lowest BCUT2D eigenvalue weighted by atomic mass is 10.5. The van der Waals surface area contributed by atoms with Crippen molar-refractivity contribution in [1.82, 2.24) is 24.7 Å². The van der Waals surface area contributed by atoms with Crippen molar-refractivity contribution in [2.24, 2.45) is 7.05 Å². The van der Waals surface area contributed by atoms with Crippen molar-refractivity contribution in [3.05, 3.63) is 12.4 Å². The minimum absolute atomic E-state index is 0.639. The molecule has 92 valence electrons. The first-order valence-electron chi connectivity index (χ1n) is 5.32. The first-order valence-corrected chi connectivity index (χ1v) is 5.32. The summed E-state index contributed by atoms with van der Waals surface area (Å²) in [4.78, 5) is 10.5. The average Bonchev–Trinajstić information content (AvgIpc) is 2.93. The molecule has 0 aromatic carbocycles. The molecule has 17 heavy (non-hydrogen) atoms. The van der Waals surface area contributed by atoms with Gasteiger partial charge in [0.1, 0.15) is 0 Å². The van der Waals surface area contributed by atoms with Crippen LogP contribution in [0.4, 0.5) is 5.95 Å². The summed E-state index contributed by atoms with van der Waals surface area (Å²) in [5.41, 5.74) is 0. The van der Waals surface area contributed by atoms with Gasteiger partial charge in [-0.1, -0.05) is 0 Å². The van der Waals surface area contributed by atoms with Crippen molar-refractivity contribution in [3.63, 3.8) is 0 Å². The Bertz CT molecular complexity index is 477. The number of anilines is 1. The van der Waals surface area contributed by atoms with Crippen molar-refractivity contribution in [2.45, 2.75) is 0 Å². The number of imidazole rings is 1. The molecule has 0 amide bonds. The van der Waals surface area contributed by atoms with Gasteiger partial charge in [-0.3, -0.25) is 5.10 Å². The van der Waals surface area contributed by atoms with Crippen LogP contribution in [-0.4, -0.2) is 52.0 Å². The van der Waals surface area contributed by atoms with E-state index in [2.05, 4.69) is 20.2 Å². The number of nitrogens with zero attached hydrogens (tertiary/aromatic N) is 5. The third kappa shape index (κ3) is 2.44. The molecule has 0 aliphatic rings. The summed E-state index contributed by atoms with van der Waals surface area (Å²) in [7, 11) is 5.51. The summed E-state index contributed by atoms with van der Waals surface area (Å²) in [5, 5.41) is 7.03. The zero-order valence-corrected chi connectivity index (χ0v) is 10.2. The van der Waals surface area contributed by atoms with Crippen LogP contribution in [0.25, 0.3) is 11.6 Å². The number of aromatic nitrogens is 5. The molecule has 0 bridgehead atoms. The predicted molar refractivity (Wildman–Crippen MR) is 63.7 cm³/mol. The molecule has 0 aliphatic carbocycles. The van der Waals surface area contributed by atoms with E-state index in [4.69, 9.17) is 4.74 Å². The Hall–Kier alpha value is -1.89. The molecule has 2 aromatic rings. The van der Waals surface area contributed by atoms with E-state index in [1.54, 1.807) is 13.3 Å². The third-order valence-electron chi connectivity index (χ3n) is 2.48. The molecule has 0 saturated carbocycles. The molecule has 0 atom stereocenters. The van der Waals surface area contributed by atoms with Crippen LogP contribution in [-0.2, 0) is 11.8 Å². The van der Waals surface area contributed by atoms with E-state index in [0.29, 0.717) is 18.4 Å². The molecule has 0 radical (unpaired) electrons. The Morgan fingerprint density at radius 3 is 3.00 bits per heavy atom. The topological polar surface area (TPSA) is 71.9 Å². The second-order valence-corrected chi connectivity index (χ2v) is 3.76. The fourth-order valence-corrected chi connectivity index (χ4v) is 1.45. The number of nitrogens with one attached hydrogen (secondary N) is 1. The van der Waals surface area contributed by atoms with Gasteiger partial charge in [0, 0.05) is 40.1 Å². The molecule has 2 heterocycles. The fraction of sp³-hybridized carbons (Fsp3) is 0.500. The van der Waals surface area contributed by atoms with E-state index in [0.717, 1.165) is 12.4 Å². The van der Waals surface area contributed by atoms with Crippen LogP contribution in [0.2, 0.25) is 0 Å². The Kier molecular flexibility index (Phi) is 3.38. The van der Waals surface area contributed by atoms with Gasteiger partial charge in [-0.15, -0.1) is 5.10 Å². The van der Waals surface area contributed by atoms with Gasteiger partial charge in [-0.05, 0) is 0 Å². The number of aromatic amines is 1. The van der Waals surface area contributed by atoms with Gasteiger partial charge < -0.3 is 14.2 Å². The normalized spacial score (nSPS) is 10.8. The average molecular weight is 236 g/mol. The molecular weight excluding hydrogens is 220 g/mol. The van der Waals surface area contributed by atoms with Crippen molar-refractivity contribution < 1.29 is 4.74 Å². The zero-order chi connectivity index (χ0) is 12.3. The lowest BCUT2D eigenvalue weighted by molar-refractivity contribution is 0.206. The molecular formula is C10H16N6O. The van der Waals surface area contributed by atoms with Crippen LogP contribution >= 0.6 is 0 Å². The number of hydrogen-bond donors (Lipinski definition) is 1. The maximum atomic E-state index is 5.01. The van der Waals surface area contributed by atoms with E-state index < -0.39 is 0 Å². The summed E-state index contributed by atoms with van der Waals surface area (Å²) >= 11 is 0. The fourth-order valence-electron chi connectivity index (χ4n) is 1.45. The second kappa shape index (κ2) is 4.96. The van der Waals surface area contributed by atoms with Gasteiger partial charge in [0.05, 0.1) is 6.61 Å². The lowest BCUT2D eigenvalue weighted by Gasteiger charge is -2.12. The first-order chi connectivity index (χ1) is 8.22. The zero-order valence-electron chi connectivity index (χ0n) is 10.2. The largest absolute Gasteiger partial charge is 0.383 e. The highest BCUT2D eigenvalue weighted by Gasteiger charge is 2.11. The Morgan fingerprint density at radius 2 is 2.35 bits per heavy atom. The van der Waals surface area contributed by atoms with Crippen LogP contribution < -0.4 is 4.90 Å². The van der Waals surface area contributed by atoms with Crippen molar-refractivity contribution in [3.8, 4) is 11.6 Å². The number of likely N-dealkylation sites (N-methyl/N-ethyl adjacent to an activating group) is 1. The summed E-state index contributed by atoms with van der Waals surface area (Å²) in [6.45, 7) is 1.39. The predicted octanol–water partition coefficient (Wildman–Crippen LogP) is 0.288. The number of ether oxygens (including phenoxy) is 1. The van der Waals surface area contributed by atoms with Crippen LogP contribution in [0.5, 0.6) is 0 Å². The minimum Gasteiger partial charge on any atom is -0.383 e. The van der Waals surface area contributed by atoms with E-state index in [1.807, 2.05) is 29.8 Å². The molecule has 0 aliphatic heterocycles. The number of rotatable bonds is 5. The van der Waals surface area contributed by atoms with Gasteiger partial charge in [-0.2, -0.15) is 4.98 Å². The molecule has 2 aromatic heterocycles. The van der Waals surface area contributed by atoms with Gasteiger partial charge in [0.2, 0.25) is 5.95 Å². The number of H-pyrrole nitrogens is 1. The van der Waals surface area contributed by atoms with Crippen molar-refractivity contribution in [2.75, 3.05) is 32.2 Å². The maximum Gasteiger partial charge on any atom is 0.244 e. The minimum atomic E-state index is 0.639. The molecule has 7 nitrogen and oxygen atoms in total. The number of aryl methyl sites for hydroxylation is 1. The second-order valence-electron chi connectivity index (χ2n) is 3.76. The Morgan fingerprint density at radius 1 is 1.53 bits per heavy atom. The van der Waals surface area contributed by atoms with Gasteiger partial charge in [0.15, 0.2) is 11.6 Å². The molecule has 7 heteroatoms. The van der Waals surface area contributed by atoms with Crippen LogP contribution in [0, 0.1) is 0 Å². The highest BCUT2D eigenvalue weighted by atomic mass is 16.5. The van der Waals surface area contributed by atoms with E-state index in [9.17, 15) is 0 Å².